The van der Waals surface area contributed by atoms with Crippen LogP contribution in [-0.4, -0.2) is 17.5 Å². The molecule has 0 saturated heterocycles. The highest BCUT2D eigenvalue weighted by atomic mass is 35.5. The monoisotopic (exact) mass is 330 g/mol. The molecule has 0 aliphatic rings. The molecule has 0 saturated carbocycles. The first-order chi connectivity index (χ1) is 11.1. The summed E-state index contributed by atoms with van der Waals surface area (Å²) in [6, 6.07) is 12.5. The lowest BCUT2D eigenvalue weighted by atomic mass is 10.2. The Morgan fingerprint density at radius 1 is 1.26 bits per heavy atom. The van der Waals surface area contributed by atoms with Crippen LogP contribution in [0.3, 0.4) is 0 Å². The van der Waals surface area contributed by atoms with Crippen LogP contribution in [-0.2, 0) is 11.3 Å². The average molecular weight is 331 g/mol. The van der Waals surface area contributed by atoms with Crippen LogP contribution in [0.4, 0.5) is 0 Å². The third-order valence-corrected chi connectivity index (χ3v) is 3.48. The Hall–Kier alpha value is -2.53. The van der Waals surface area contributed by atoms with E-state index in [4.69, 9.17) is 20.8 Å². The fourth-order valence-electron chi connectivity index (χ4n) is 2.13. The Morgan fingerprint density at radius 2 is 2.04 bits per heavy atom. The van der Waals surface area contributed by atoms with Crippen LogP contribution in [0.25, 0.3) is 11.1 Å². The van der Waals surface area contributed by atoms with Crippen LogP contribution in [0.2, 0.25) is 5.02 Å². The number of benzene rings is 2. The molecule has 0 radical (unpaired) electrons. The van der Waals surface area contributed by atoms with E-state index in [1.165, 1.54) is 0 Å². The zero-order valence-electron chi connectivity index (χ0n) is 12.5. The number of hydrogen-bond acceptors (Lipinski definition) is 4. The summed E-state index contributed by atoms with van der Waals surface area (Å²) in [7, 11) is 0. The highest BCUT2D eigenvalue weighted by Crippen LogP contribution is 2.17. The predicted molar refractivity (Wildman–Crippen MR) is 87.5 cm³/mol. The first-order valence-corrected chi connectivity index (χ1v) is 7.49. The first kappa shape index (κ1) is 15.4. The summed E-state index contributed by atoms with van der Waals surface area (Å²) in [6.45, 7) is 2.16. The molecule has 0 aliphatic heterocycles. The molecule has 6 heteroatoms. The number of ether oxygens (including phenoxy) is 1. The molecule has 2 aromatic carbocycles. The zero-order valence-corrected chi connectivity index (χ0v) is 13.3. The summed E-state index contributed by atoms with van der Waals surface area (Å²) in [6.07, 6.45) is 0. The number of aryl methyl sites for hydroxylation is 1. The number of nitrogens with zero attached hydrogens (tertiary/aromatic N) is 1. The van der Waals surface area contributed by atoms with Crippen LogP contribution >= 0.6 is 11.6 Å². The summed E-state index contributed by atoms with van der Waals surface area (Å²) < 4.78 is 10.8. The number of oxazole rings is 1. The van der Waals surface area contributed by atoms with Crippen LogP contribution in [0.15, 0.2) is 46.9 Å². The van der Waals surface area contributed by atoms with Gasteiger partial charge in [-0.2, -0.15) is 0 Å². The second-order valence-electron chi connectivity index (χ2n) is 5.05. The Balaban J connectivity index is 1.52. The van der Waals surface area contributed by atoms with Crippen LogP contribution < -0.4 is 10.1 Å². The maximum atomic E-state index is 11.8. The van der Waals surface area contributed by atoms with Gasteiger partial charge in [-0.05, 0) is 42.0 Å². The molecule has 0 bridgehead atoms. The fraction of sp³-hybridized carbons (Fsp3) is 0.176. The molecule has 0 fully saturated rings. The van der Waals surface area contributed by atoms with E-state index in [0.717, 1.165) is 16.7 Å². The molecule has 118 valence electrons. The number of halogens is 1. The third kappa shape index (κ3) is 4.02. The molecule has 1 amide bonds. The Bertz CT molecular complexity index is 827. The number of aromatic nitrogens is 1. The summed E-state index contributed by atoms with van der Waals surface area (Å²) in [5.74, 6) is 1.03. The minimum absolute atomic E-state index is 0.0487. The van der Waals surface area contributed by atoms with Gasteiger partial charge in [-0.15, -0.1) is 0 Å². The van der Waals surface area contributed by atoms with Gasteiger partial charge in [0.2, 0.25) is 0 Å². The Morgan fingerprint density at radius 3 is 2.83 bits per heavy atom. The van der Waals surface area contributed by atoms with E-state index in [9.17, 15) is 4.79 Å². The quantitative estimate of drug-likeness (QED) is 0.777. The topological polar surface area (TPSA) is 64.4 Å². The van der Waals surface area contributed by atoms with E-state index in [2.05, 4.69) is 10.3 Å². The normalized spacial score (nSPS) is 10.7. The van der Waals surface area contributed by atoms with E-state index in [1.807, 2.05) is 18.2 Å². The van der Waals surface area contributed by atoms with Crippen molar-refractivity contribution in [1.29, 1.82) is 0 Å². The summed E-state index contributed by atoms with van der Waals surface area (Å²) >= 11 is 5.79. The van der Waals surface area contributed by atoms with Crippen molar-refractivity contribution < 1.29 is 13.9 Å². The number of carbonyl (C=O) groups excluding carboxylic acids is 1. The number of fused-ring (bicyclic) bond motifs is 1. The lowest BCUT2D eigenvalue weighted by molar-refractivity contribution is -0.123. The first-order valence-electron chi connectivity index (χ1n) is 7.11. The number of nitrogens with one attached hydrogen (secondary N) is 1. The van der Waals surface area contributed by atoms with E-state index in [-0.39, 0.29) is 12.5 Å². The van der Waals surface area contributed by atoms with Crippen molar-refractivity contribution >= 4 is 28.6 Å². The Labute approximate surface area is 138 Å². The molecule has 0 atom stereocenters. The van der Waals surface area contributed by atoms with Crippen molar-refractivity contribution in [3.8, 4) is 5.75 Å². The molecule has 1 heterocycles. The van der Waals surface area contributed by atoms with Crippen LogP contribution in [0, 0.1) is 6.92 Å². The molecule has 0 unspecified atom stereocenters. The smallest absolute Gasteiger partial charge is 0.258 e. The zero-order chi connectivity index (χ0) is 16.2. The van der Waals surface area contributed by atoms with Crippen LogP contribution in [0.5, 0.6) is 5.75 Å². The highest BCUT2D eigenvalue weighted by molar-refractivity contribution is 6.30. The number of hydrogen-bond donors (Lipinski definition) is 1. The van der Waals surface area contributed by atoms with Crippen molar-refractivity contribution in [3.05, 3.63) is 58.9 Å². The minimum Gasteiger partial charge on any atom is -0.484 e. The number of rotatable bonds is 5. The van der Waals surface area contributed by atoms with Gasteiger partial charge in [-0.25, -0.2) is 4.98 Å². The van der Waals surface area contributed by atoms with E-state index in [1.54, 1.807) is 31.2 Å². The maximum Gasteiger partial charge on any atom is 0.258 e. The molecule has 0 aliphatic carbocycles. The summed E-state index contributed by atoms with van der Waals surface area (Å²) in [5, 5.41) is 3.43. The SMILES string of the molecule is Cc1nc2cc(CNC(=O)COc3ccc(Cl)cc3)ccc2o1. The summed E-state index contributed by atoms with van der Waals surface area (Å²) in [4.78, 5) is 16.1. The second-order valence-corrected chi connectivity index (χ2v) is 5.49. The summed E-state index contributed by atoms with van der Waals surface area (Å²) in [5.41, 5.74) is 2.47. The van der Waals surface area contributed by atoms with E-state index in [0.29, 0.717) is 23.2 Å². The lowest BCUT2D eigenvalue weighted by Crippen LogP contribution is -2.28. The van der Waals surface area contributed by atoms with Gasteiger partial charge in [0.15, 0.2) is 18.1 Å². The molecule has 3 aromatic rings. The molecule has 1 aromatic heterocycles. The number of carbonyl (C=O) groups is 1. The van der Waals surface area contributed by atoms with Gasteiger partial charge >= 0.3 is 0 Å². The van der Waals surface area contributed by atoms with E-state index < -0.39 is 0 Å². The van der Waals surface area contributed by atoms with Gasteiger partial charge in [0.25, 0.3) is 5.91 Å². The number of amides is 1. The van der Waals surface area contributed by atoms with Crippen molar-refractivity contribution in [1.82, 2.24) is 10.3 Å². The molecule has 3 rings (SSSR count). The molecular weight excluding hydrogens is 316 g/mol. The lowest BCUT2D eigenvalue weighted by Gasteiger charge is -2.07. The predicted octanol–water partition coefficient (Wildman–Crippen LogP) is 3.48. The molecular formula is C17H15ClN2O3. The van der Waals surface area contributed by atoms with E-state index >= 15 is 0 Å². The second kappa shape index (κ2) is 6.71. The maximum absolute atomic E-state index is 11.8. The van der Waals surface area contributed by atoms with Gasteiger partial charge < -0.3 is 14.5 Å². The largest absolute Gasteiger partial charge is 0.484 e. The van der Waals surface area contributed by atoms with Gasteiger partial charge in [0.1, 0.15) is 11.3 Å². The van der Waals surface area contributed by atoms with Crippen molar-refractivity contribution in [3.63, 3.8) is 0 Å². The van der Waals surface area contributed by atoms with Crippen molar-refractivity contribution in [2.24, 2.45) is 0 Å². The van der Waals surface area contributed by atoms with Gasteiger partial charge in [0, 0.05) is 18.5 Å². The van der Waals surface area contributed by atoms with Crippen molar-refractivity contribution in [2.75, 3.05) is 6.61 Å². The minimum atomic E-state index is -0.198. The van der Waals surface area contributed by atoms with Gasteiger partial charge in [-0.3, -0.25) is 4.79 Å². The molecule has 0 spiro atoms. The van der Waals surface area contributed by atoms with Gasteiger partial charge in [0.05, 0.1) is 0 Å². The molecule has 1 N–H and O–H groups in total. The molecule has 5 nitrogen and oxygen atoms in total. The highest BCUT2D eigenvalue weighted by Gasteiger charge is 2.06. The van der Waals surface area contributed by atoms with Gasteiger partial charge in [-0.1, -0.05) is 17.7 Å². The average Bonchev–Trinajstić information content (AvgIpc) is 2.91. The third-order valence-electron chi connectivity index (χ3n) is 3.23. The standard InChI is InChI=1S/C17H15ClN2O3/c1-11-20-15-8-12(2-7-16(15)23-11)9-19-17(21)10-22-14-5-3-13(18)4-6-14/h2-8H,9-10H2,1H3,(H,19,21). The fourth-order valence-corrected chi connectivity index (χ4v) is 2.26. The molecule has 23 heavy (non-hydrogen) atoms. The van der Waals surface area contributed by atoms with Crippen LogP contribution in [0.1, 0.15) is 11.5 Å². The van der Waals surface area contributed by atoms with Crippen molar-refractivity contribution in [2.45, 2.75) is 13.5 Å². The Kier molecular flexibility index (Phi) is 4.48.